The summed E-state index contributed by atoms with van der Waals surface area (Å²) in [4.78, 5) is 11.5. The summed E-state index contributed by atoms with van der Waals surface area (Å²) in [6, 6.07) is 4.11. The van der Waals surface area contributed by atoms with Gasteiger partial charge in [0.25, 0.3) is 0 Å². The highest BCUT2D eigenvalue weighted by atomic mass is 35.5. The molecule has 6 heteroatoms. The summed E-state index contributed by atoms with van der Waals surface area (Å²) in [5.41, 5.74) is 1.25. The van der Waals surface area contributed by atoms with Gasteiger partial charge >= 0.3 is 5.97 Å². The van der Waals surface area contributed by atoms with Gasteiger partial charge in [-0.1, -0.05) is 22.8 Å². The first-order valence-electron chi connectivity index (χ1n) is 6.00. The summed E-state index contributed by atoms with van der Waals surface area (Å²) in [6.07, 6.45) is 0.0805. The summed E-state index contributed by atoms with van der Waals surface area (Å²) < 4.78 is 18.9. The van der Waals surface area contributed by atoms with Crippen LogP contribution in [0.3, 0.4) is 0 Å². The topological polar surface area (TPSA) is 63.3 Å². The maximum absolute atomic E-state index is 13.9. The van der Waals surface area contributed by atoms with E-state index in [4.69, 9.17) is 16.1 Å². The number of rotatable bonds is 4. The van der Waals surface area contributed by atoms with Gasteiger partial charge in [-0.3, -0.25) is 4.79 Å². The number of aryl methyl sites for hydroxylation is 2. The number of nitrogens with zero attached hydrogens (tertiary/aromatic N) is 1. The molecule has 1 N–H and O–H groups in total. The molecule has 2 rings (SSSR count). The molecular weight excluding hydrogens is 285 g/mol. The molecule has 0 spiro atoms. The van der Waals surface area contributed by atoms with Crippen LogP contribution < -0.4 is 0 Å². The summed E-state index contributed by atoms with van der Waals surface area (Å²) in [7, 11) is 0. The number of aliphatic carboxylic acids is 1. The average Bonchev–Trinajstić information content (AvgIpc) is 2.68. The molecule has 106 valence electrons. The predicted molar refractivity (Wildman–Crippen MR) is 71.5 cm³/mol. The average molecular weight is 298 g/mol. The molecular formula is C14H13ClFNO3. The summed E-state index contributed by atoms with van der Waals surface area (Å²) >= 11 is 5.95. The third kappa shape index (κ3) is 2.67. The Kier molecular flexibility index (Phi) is 4.09. The van der Waals surface area contributed by atoms with Crippen LogP contribution in [0.4, 0.5) is 4.39 Å². The number of carbonyl (C=O) groups is 1. The molecule has 1 atom stereocenters. The van der Waals surface area contributed by atoms with E-state index in [0.717, 1.165) is 0 Å². The molecule has 0 bridgehead atoms. The van der Waals surface area contributed by atoms with Crippen LogP contribution in [-0.2, 0) is 11.2 Å². The second kappa shape index (κ2) is 5.63. The minimum atomic E-state index is -1.14. The molecule has 0 aliphatic rings. The number of benzene rings is 1. The number of halogens is 2. The van der Waals surface area contributed by atoms with E-state index in [1.54, 1.807) is 13.8 Å². The molecule has 0 radical (unpaired) electrons. The molecule has 0 saturated heterocycles. The van der Waals surface area contributed by atoms with Crippen molar-refractivity contribution in [1.82, 2.24) is 5.16 Å². The van der Waals surface area contributed by atoms with Gasteiger partial charge in [0.2, 0.25) is 0 Å². The largest absolute Gasteiger partial charge is 0.481 e. The smallest absolute Gasteiger partial charge is 0.311 e. The monoisotopic (exact) mass is 297 g/mol. The van der Waals surface area contributed by atoms with Crippen LogP contribution in [0.1, 0.15) is 28.5 Å². The molecule has 20 heavy (non-hydrogen) atoms. The van der Waals surface area contributed by atoms with Gasteiger partial charge in [0.05, 0.1) is 11.6 Å². The molecule has 1 aromatic heterocycles. The van der Waals surface area contributed by atoms with Crippen LogP contribution >= 0.6 is 11.6 Å². The molecule has 2 aromatic rings. The Labute approximate surface area is 120 Å². The predicted octanol–water partition coefficient (Wildman–Crippen LogP) is 3.49. The zero-order valence-electron chi connectivity index (χ0n) is 11.0. The van der Waals surface area contributed by atoms with Crippen LogP contribution in [0.2, 0.25) is 5.02 Å². The molecule has 0 fully saturated rings. The first kappa shape index (κ1) is 14.5. The minimum absolute atomic E-state index is 0.0123. The zero-order valence-corrected chi connectivity index (χ0v) is 11.7. The van der Waals surface area contributed by atoms with Gasteiger partial charge in [0, 0.05) is 16.1 Å². The van der Waals surface area contributed by atoms with Gasteiger partial charge in [-0.15, -0.1) is 0 Å². The van der Waals surface area contributed by atoms with E-state index in [1.807, 2.05) is 0 Å². The van der Waals surface area contributed by atoms with Crippen molar-refractivity contribution in [2.45, 2.75) is 26.2 Å². The van der Waals surface area contributed by atoms with Crippen molar-refractivity contribution in [3.05, 3.63) is 51.6 Å². The summed E-state index contributed by atoms with van der Waals surface area (Å²) in [5.74, 6) is -2.32. The first-order chi connectivity index (χ1) is 9.41. The summed E-state index contributed by atoms with van der Waals surface area (Å²) in [5, 5.41) is 13.3. The Bertz CT molecular complexity index is 614. The van der Waals surface area contributed by atoms with Gasteiger partial charge < -0.3 is 9.63 Å². The number of hydrogen-bond donors (Lipinski definition) is 1. The second-order valence-electron chi connectivity index (χ2n) is 4.53. The molecule has 0 saturated carbocycles. The molecule has 0 amide bonds. The van der Waals surface area contributed by atoms with E-state index in [9.17, 15) is 14.3 Å². The first-order valence-corrected chi connectivity index (χ1v) is 6.38. The number of aromatic nitrogens is 1. The van der Waals surface area contributed by atoms with E-state index < -0.39 is 17.7 Å². The van der Waals surface area contributed by atoms with E-state index in [-0.39, 0.29) is 17.0 Å². The van der Waals surface area contributed by atoms with Crippen LogP contribution in [0.5, 0.6) is 0 Å². The standard InChI is InChI=1S/C14H13ClFNO3/c1-7-9(8(2)20-17-7)6-10(14(18)19)13-11(15)4-3-5-12(13)16/h3-5,10H,6H2,1-2H3,(H,18,19). The lowest BCUT2D eigenvalue weighted by molar-refractivity contribution is -0.138. The highest BCUT2D eigenvalue weighted by Gasteiger charge is 2.28. The summed E-state index contributed by atoms with van der Waals surface area (Å²) in [6.45, 7) is 3.41. The van der Waals surface area contributed by atoms with Crippen LogP contribution in [0.25, 0.3) is 0 Å². The Hall–Kier alpha value is -1.88. The number of carboxylic acids is 1. The third-order valence-electron chi connectivity index (χ3n) is 3.24. The quantitative estimate of drug-likeness (QED) is 0.938. The van der Waals surface area contributed by atoms with Gasteiger partial charge in [-0.05, 0) is 32.4 Å². The Balaban J connectivity index is 2.46. The Morgan fingerprint density at radius 2 is 2.20 bits per heavy atom. The minimum Gasteiger partial charge on any atom is -0.481 e. The fourth-order valence-electron chi connectivity index (χ4n) is 2.15. The normalized spacial score (nSPS) is 12.4. The van der Waals surface area contributed by atoms with Gasteiger partial charge in [0.1, 0.15) is 11.6 Å². The molecule has 0 aliphatic heterocycles. The lowest BCUT2D eigenvalue weighted by Crippen LogP contribution is -2.17. The van der Waals surface area contributed by atoms with Crippen LogP contribution in [0, 0.1) is 19.7 Å². The van der Waals surface area contributed by atoms with E-state index in [0.29, 0.717) is 17.0 Å². The van der Waals surface area contributed by atoms with Crippen LogP contribution in [0.15, 0.2) is 22.7 Å². The maximum atomic E-state index is 13.9. The van der Waals surface area contributed by atoms with Gasteiger partial charge in [-0.25, -0.2) is 4.39 Å². The van der Waals surface area contributed by atoms with E-state index in [1.165, 1.54) is 18.2 Å². The van der Waals surface area contributed by atoms with Crippen molar-refractivity contribution < 1.29 is 18.8 Å². The van der Waals surface area contributed by atoms with Crippen molar-refractivity contribution in [1.29, 1.82) is 0 Å². The molecule has 1 aromatic carbocycles. The van der Waals surface area contributed by atoms with E-state index in [2.05, 4.69) is 5.16 Å². The van der Waals surface area contributed by atoms with Crippen molar-refractivity contribution in [2.75, 3.05) is 0 Å². The number of carboxylic acid groups (broad SMARTS) is 1. The Morgan fingerprint density at radius 3 is 2.70 bits per heavy atom. The van der Waals surface area contributed by atoms with Crippen molar-refractivity contribution in [3.8, 4) is 0 Å². The fraction of sp³-hybridized carbons (Fsp3) is 0.286. The Morgan fingerprint density at radius 1 is 1.50 bits per heavy atom. The SMILES string of the molecule is Cc1noc(C)c1CC(C(=O)O)c1c(F)cccc1Cl. The number of hydrogen-bond acceptors (Lipinski definition) is 3. The third-order valence-corrected chi connectivity index (χ3v) is 3.57. The van der Waals surface area contributed by atoms with Gasteiger partial charge in [-0.2, -0.15) is 0 Å². The van der Waals surface area contributed by atoms with Gasteiger partial charge in [0.15, 0.2) is 0 Å². The van der Waals surface area contributed by atoms with Crippen LogP contribution in [-0.4, -0.2) is 16.2 Å². The molecule has 0 aliphatic carbocycles. The molecule has 1 heterocycles. The highest BCUT2D eigenvalue weighted by molar-refractivity contribution is 6.31. The molecule has 4 nitrogen and oxygen atoms in total. The zero-order chi connectivity index (χ0) is 14.9. The van der Waals surface area contributed by atoms with Crippen molar-refractivity contribution in [2.24, 2.45) is 0 Å². The maximum Gasteiger partial charge on any atom is 0.311 e. The lowest BCUT2D eigenvalue weighted by Gasteiger charge is -2.15. The molecule has 1 unspecified atom stereocenters. The second-order valence-corrected chi connectivity index (χ2v) is 4.94. The van der Waals surface area contributed by atoms with Crippen molar-refractivity contribution >= 4 is 17.6 Å². The highest BCUT2D eigenvalue weighted by Crippen LogP contribution is 2.31. The fourth-order valence-corrected chi connectivity index (χ4v) is 2.45. The lowest BCUT2D eigenvalue weighted by atomic mass is 9.91. The van der Waals surface area contributed by atoms with Crippen molar-refractivity contribution in [3.63, 3.8) is 0 Å². The van der Waals surface area contributed by atoms with E-state index >= 15 is 0 Å².